The number of rotatable bonds is 2. The molecule has 4 aliphatic rings. The molecule has 3 atom stereocenters. The predicted octanol–water partition coefficient (Wildman–Crippen LogP) is 3.53. The van der Waals surface area contributed by atoms with E-state index in [1.807, 2.05) is 0 Å². The Labute approximate surface area is 198 Å². The molecule has 0 radical (unpaired) electrons. The fraction of sp³-hybridized carbons (Fsp3) is 0.708. The summed E-state index contributed by atoms with van der Waals surface area (Å²) in [7, 11) is 0. The largest absolute Gasteiger partial charge is 0.475 e. The van der Waals surface area contributed by atoms with Crippen molar-refractivity contribution in [1.82, 2.24) is 19.9 Å². The van der Waals surface area contributed by atoms with Gasteiger partial charge in [-0.1, -0.05) is 12.8 Å². The number of fused-ring (bicyclic) bond motifs is 3. The Bertz CT molecular complexity index is 1060. The Morgan fingerprint density at radius 2 is 2.03 bits per heavy atom. The first-order valence-electron chi connectivity index (χ1n) is 12.3. The average Bonchev–Trinajstić information content (AvgIpc) is 3.11. The van der Waals surface area contributed by atoms with Crippen LogP contribution in [0.15, 0.2) is 0 Å². The molecule has 186 valence electrons. The second kappa shape index (κ2) is 9.37. The van der Waals surface area contributed by atoms with E-state index in [1.54, 1.807) is 6.92 Å². The van der Waals surface area contributed by atoms with Crippen LogP contribution < -0.4 is 14.4 Å². The zero-order valence-electron chi connectivity index (χ0n) is 19.9. The van der Waals surface area contributed by atoms with Crippen molar-refractivity contribution in [3.63, 3.8) is 0 Å². The summed E-state index contributed by atoms with van der Waals surface area (Å²) in [4.78, 5) is 17.2. The van der Waals surface area contributed by atoms with Gasteiger partial charge in [0, 0.05) is 18.6 Å². The second-order valence-electron chi connectivity index (χ2n) is 10.00. The highest BCUT2D eigenvalue weighted by molar-refractivity contribution is 5.95. The quantitative estimate of drug-likeness (QED) is 0.658. The maximum absolute atomic E-state index is 14.6. The number of pyridine rings is 1. The van der Waals surface area contributed by atoms with Crippen LogP contribution in [0.2, 0.25) is 0 Å². The lowest BCUT2D eigenvalue weighted by Gasteiger charge is -2.29. The number of anilines is 1. The van der Waals surface area contributed by atoms with Crippen LogP contribution in [0.3, 0.4) is 0 Å². The number of aliphatic hydroxyl groups is 1. The Morgan fingerprint density at radius 1 is 1.18 bits per heavy atom. The van der Waals surface area contributed by atoms with Gasteiger partial charge < -0.3 is 19.5 Å². The first-order valence-corrected chi connectivity index (χ1v) is 12.3. The summed E-state index contributed by atoms with van der Waals surface area (Å²) in [5.41, 5.74) is 0.574. The molecule has 2 aromatic rings. The van der Waals surface area contributed by atoms with Crippen molar-refractivity contribution < 1.29 is 23.4 Å². The highest BCUT2D eigenvalue weighted by Gasteiger charge is 2.44. The molecule has 34 heavy (non-hydrogen) atoms. The fourth-order valence-electron chi connectivity index (χ4n) is 5.85. The normalized spacial score (nSPS) is 28.3. The van der Waals surface area contributed by atoms with E-state index in [1.165, 1.54) is 12.8 Å². The molecule has 1 N–H and O–H groups in total. The maximum Gasteiger partial charge on any atom is 0.321 e. The van der Waals surface area contributed by atoms with E-state index in [0.717, 1.165) is 45.2 Å². The van der Waals surface area contributed by atoms with Gasteiger partial charge in [0.2, 0.25) is 5.88 Å². The van der Waals surface area contributed by atoms with Crippen LogP contribution in [0.25, 0.3) is 10.9 Å². The lowest BCUT2D eigenvalue weighted by Crippen LogP contribution is -2.38. The number of hydrogen-bond acceptors (Lipinski definition) is 8. The Hall–Kier alpha value is -2.33. The zero-order valence-corrected chi connectivity index (χ0v) is 19.9. The molecule has 3 saturated heterocycles. The van der Waals surface area contributed by atoms with Gasteiger partial charge in [0.05, 0.1) is 11.7 Å². The van der Waals surface area contributed by atoms with Gasteiger partial charge in [-0.3, -0.25) is 4.90 Å². The maximum atomic E-state index is 14.6. The van der Waals surface area contributed by atoms with Crippen molar-refractivity contribution in [2.24, 2.45) is 0 Å². The number of alkyl halides is 1. The minimum atomic E-state index is -0.566. The molecule has 3 fully saturated rings. The van der Waals surface area contributed by atoms with Crippen molar-refractivity contribution >= 4 is 16.7 Å². The van der Waals surface area contributed by atoms with Crippen LogP contribution in [0.4, 0.5) is 14.6 Å². The number of aryl methyl sites for hydroxylation is 1. The van der Waals surface area contributed by atoms with Gasteiger partial charge in [-0.25, -0.2) is 13.8 Å². The number of halogens is 2. The lowest BCUT2D eigenvalue weighted by molar-refractivity contribution is 0.0897. The van der Waals surface area contributed by atoms with Crippen molar-refractivity contribution in [1.29, 1.82) is 0 Å². The van der Waals surface area contributed by atoms with Crippen LogP contribution in [-0.4, -0.2) is 75.7 Å². The summed E-state index contributed by atoms with van der Waals surface area (Å²) in [6.07, 6.45) is 6.98. The minimum Gasteiger partial charge on any atom is -0.475 e. The summed E-state index contributed by atoms with van der Waals surface area (Å²) < 4.78 is 38.4. The average molecular weight is 478 g/mol. The lowest BCUT2D eigenvalue weighted by atomic mass is 9.97. The molecule has 0 amide bonds. The predicted molar refractivity (Wildman–Crippen MR) is 124 cm³/mol. The monoisotopic (exact) mass is 477 g/mol. The molecule has 0 saturated carbocycles. The molecule has 2 aromatic heterocycles. The van der Waals surface area contributed by atoms with Crippen LogP contribution >= 0.6 is 0 Å². The number of ether oxygens (including phenoxy) is 2. The van der Waals surface area contributed by atoms with E-state index in [4.69, 9.17) is 14.6 Å². The van der Waals surface area contributed by atoms with Crippen molar-refractivity contribution in [2.45, 2.75) is 76.5 Å². The summed E-state index contributed by atoms with van der Waals surface area (Å²) in [6, 6.07) is 0.116. The van der Waals surface area contributed by atoms with Gasteiger partial charge in [0.15, 0.2) is 12.6 Å². The Kier molecular flexibility index (Phi) is 6.45. The molecule has 8 nitrogen and oxygen atoms in total. The summed E-state index contributed by atoms with van der Waals surface area (Å²) in [6.45, 7) is 6.32. The highest BCUT2D eigenvalue weighted by Crippen LogP contribution is 2.40. The van der Waals surface area contributed by atoms with E-state index in [0.29, 0.717) is 30.2 Å². The van der Waals surface area contributed by atoms with Gasteiger partial charge in [-0.15, -0.1) is 0 Å². The number of hydrogen-bond donors (Lipinski definition) is 1. The van der Waals surface area contributed by atoms with E-state index >= 15 is 0 Å². The Balaban J connectivity index is 0.000000200. The summed E-state index contributed by atoms with van der Waals surface area (Å²) >= 11 is 0. The van der Waals surface area contributed by atoms with Gasteiger partial charge in [-0.05, 0) is 52.5 Å². The zero-order chi connectivity index (χ0) is 23.9. The van der Waals surface area contributed by atoms with E-state index in [9.17, 15) is 8.78 Å². The van der Waals surface area contributed by atoms with E-state index < -0.39 is 18.8 Å². The fourth-order valence-corrected chi connectivity index (χ4v) is 5.85. The molecule has 3 unspecified atom stereocenters. The Morgan fingerprint density at radius 3 is 2.82 bits per heavy atom. The molecule has 10 heteroatoms. The summed E-state index contributed by atoms with van der Waals surface area (Å²) in [5.74, 6) is 0.425. The molecule has 4 aliphatic heterocycles. The third-order valence-corrected chi connectivity index (χ3v) is 7.62. The molecule has 0 aliphatic carbocycles. The van der Waals surface area contributed by atoms with Crippen LogP contribution in [0.5, 0.6) is 11.9 Å². The number of aromatic nitrogens is 3. The molecule has 6 rings (SSSR count). The highest BCUT2D eigenvalue weighted by atomic mass is 19.1. The smallest absolute Gasteiger partial charge is 0.321 e. The van der Waals surface area contributed by atoms with Crippen LogP contribution in [0, 0.1) is 12.7 Å². The SMILES string of the molecule is CC12CCCN1CC(F)C2.Cc1nc2c3c(nc(OCO)nc3c1F)N1CCCCCC1CO2. The first kappa shape index (κ1) is 23.4. The van der Waals surface area contributed by atoms with Gasteiger partial charge >= 0.3 is 6.01 Å². The standard InChI is InChI=1S/C16H19FN4O3.C8H14FN/c1-9-12(17)13-11-14(20-16(19-13)24-8-22)21-6-4-2-3-5-10(21)7-23-15(11)18-9;1-8-3-2-4-10(8)6-7(9)5-8/h10,22H,2-8H2,1H3;7H,2-6H2,1H3. The molecule has 0 bridgehead atoms. The third kappa shape index (κ3) is 4.26. The summed E-state index contributed by atoms with van der Waals surface area (Å²) in [5, 5.41) is 9.51. The second-order valence-corrected chi connectivity index (χ2v) is 10.00. The molecule has 6 heterocycles. The van der Waals surface area contributed by atoms with Crippen molar-refractivity contribution in [3.05, 3.63) is 11.5 Å². The van der Waals surface area contributed by atoms with Crippen LogP contribution in [-0.2, 0) is 0 Å². The number of nitrogens with zero attached hydrogens (tertiary/aromatic N) is 5. The topological polar surface area (TPSA) is 83.8 Å². The third-order valence-electron chi connectivity index (χ3n) is 7.62. The molecule has 0 spiro atoms. The van der Waals surface area contributed by atoms with Gasteiger partial charge in [0.1, 0.15) is 29.5 Å². The van der Waals surface area contributed by atoms with Gasteiger partial charge in [0.25, 0.3) is 0 Å². The van der Waals surface area contributed by atoms with Crippen molar-refractivity contribution in [2.75, 3.05) is 37.9 Å². The number of aliphatic hydroxyl groups excluding tert-OH is 1. The molecule has 0 aromatic carbocycles. The first-order chi connectivity index (χ1) is 16.4. The van der Waals surface area contributed by atoms with E-state index in [-0.39, 0.29) is 28.8 Å². The van der Waals surface area contributed by atoms with Crippen molar-refractivity contribution in [3.8, 4) is 11.9 Å². The van der Waals surface area contributed by atoms with E-state index in [2.05, 4.69) is 31.7 Å². The van der Waals surface area contributed by atoms with Gasteiger partial charge in [-0.2, -0.15) is 9.97 Å². The molecular weight excluding hydrogens is 444 g/mol. The van der Waals surface area contributed by atoms with Crippen LogP contribution in [0.1, 0.15) is 57.6 Å². The minimum absolute atomic E-state index is 0.0413. The molecular formula is C24H33F2N5O3.